The summed E-state index contributed by atoms with van der Waals surface area (Å²) in [5.41, 5.74) is 2.17. The number of benzene rings is 1. The standard InChI is InChI=1S/C24H27N7O4S/c1-15-14-17(4-5-18(15)24(33)30-10-12-36(34,35)13-11-30)28-22-21-19(7-9-26-23(21)32)31(29-22)20(6-8-25)27-16-2-3-16/h4-5,7,9,14,16,20,27H,2-3,6,10-13H2,1H3,(H,26,32)(H,28,29). The zero-order chi connectivity index (χ0) is 25.4. The number of fused-ring (bicyclic) bond motifs is 1. The lowest BCUT2D eigenvalue weighted by molar-refractivity contribution is 0.0769. The average molecular weight is 510 g/mol. The van der Waals surface area contributed by atoms with E-state index in [1.165, 1.54) is 0 Å². The number of aryl methyl sites for hydroxylation is 1. The van der Waals surface area contributed by atoms with E-state index in [1.54, 1.807) is 40.0 Å². The van der Waals surface area contributed by atoms with Gasteiger partial charge in [0.2, 0.25) is 0 Å². The predicted molar refractivity (Wildman–Crippen MR) is 135 cm³/mol. The number of nitriles is 1. The Kier molecular flexibility index (Phi) is 6.27. The molecule has 11 nitrogen and oxygen atoms in total. The molecule has 12 heteroatoms. The monoisotopic (exact) mass is 509 g/mol. The van der Waals surface area contributed by atoms with Crippen molar-refractivity contribution in [3.8, 4) is 6.07 Å². The van der Waals surface area contributed by atoms with Crippen molar-refractivity contribution in [3.05, 3.63) is 51.9 Å². The number of aromatic amines is 1. The molecule has 1 saturated carbocycles. The number of carbonyl (C=O) groups excluding carboxylic acids is 1. The quantitative estimate of drug-likeness (QED) is 0.436. The molecular formula is C24H27N7O4S. The molecule has 1 aliphatic heterocycles. The van der Waals surface area contributed by atoms with Crippen LogP contribution in [0.25, 0.3) is 10.9 Å². The second-order valence-electron chi connectivity index (χ2n) is 9.28. The summed E-state index contributed by atoms with van der Waals surface area (Å²) < 4.78 is 25.1. The van der Waals surface area contributed by atoms with Crippen LogP contribution in [0.4, 0.5) is 11.5 Å². The van der Waals surface area contributed by atoms with E-state index < -0.39 is 9.84 Å². The first kappa shape index (κ1) is 24.0. The molecule has 1 amide bonds. The van der Waals surface area contributed by atoms with Crippen LogP contribution in [0, 0.1) is 18.3 Å². The lowest BCUT2D eigenvalue weighted by Crippen LogP contribution is -2.43. The molecule has 3 aromatic rings. The van der Waals surface area contributed by atoms with Crippen LogP contribution in [0.3, 0.4) is 0 Å². The maximum absolute atomic E-state index is 13.0. The first-order chi connectivity index (χ1) is 17.3. The fourth-order valence-corrected chi connectivity index (χ4v) is 5.65. The smallest absolute Gasteiger partial charge is 0.261 e. The molecule has 2 aliphatic rings. The fourth-order valence-electron chi connectivity index (χ4n) is 4.45. The van der Waals surface area contributed by atoms with Crippen LogP contribution in [0.15, 0.2) is 35.3 Å². The Morgan fingerprint density at radius 3 is 2.69 bits per heavy atom. The van der Waals surface area contributed by atoms with E-state index in [0.29, 0.717) is 39.6 Å². The summed E-state index contributed by atoms with van der Waals surface area (Å²) >= 11 is 0. The largest absolute Gasteiger partial charge is 0.338 e. The molecule has 0 radical (unpaired) electrons. The van der Waals surface area contributed by atoms with Crippen LogP contribution in [0.2, 0.25) is 0 Å². The summed E-state index contributed by atoms with van der Waals surface area (Å²) in [6, 6.07) is 9.52. The summed E-state index contributed by atoms with van der Waals surface area (Å²) in [6.45, 7) is 2.18. The Balaban J connectivity index is 1.43. The molecule has 0 bridgehead atoms. The molecule has 1 aromatic carbocycles. The van der Waals surface area contributed by atoms with E-state index in [2.05, 4.69) is 26.8 Å². The number of H-pyrrole nitrogens is 1. The summed E-state index contributed by atoms with van der Waals surface area (Å²) in [5.74, 6) is 0.103. The van der Waals surface area contributed by atoms with E-state index in [1.807, 2.05) is 6.92 Å². The molecule has 188 valence electrons. The number of nitrogens with zero attached hydrogens (tertiary/aromatic N) is 4. The van der Waals surface area contributed by atoms with Gasteiger partial charge in [-0.2, -0.15) is 10.4 Å². The van der Waals surface area contributed by atoms with E-state index >= 15 is 0 Å². The summed E-state index contributed by atoms with van der Waals surface area (Å²) in [6.07, 6.45) is 3.49. The molecule has 2 aromatic heterocycles. The molecule has 3 N–H and O–H groups in total. The summed E-state index contributed by atoms with van der Waals surface area (Å²) in [4.78, 5) is 29.9. The Morgan fingerprint density at radius 2 is 2.03 bits per heavy atom. The number of nitrogens with one attached hydrogen (secondary N) is 3. The highest BCUT2D eigenvalue weighted by Crippen LogP contribution is 2.29. The van der Waals surface area contributed by atoms with E-state index in [-0.39, 0.29) is 48.6 Å². The highest BCUT2D eigenvalue weighted by Gasteiger charge is 2.28. The summed E-state index contributed by atoms with van der Waals surface area (Å²) in [5, 5.41) is 21.0. The Bertz CT molecular complexity index is 1520. The van der Waals surface area contributed by atoms with Crippen molar-refractivity contribution in [1.82, 2.24) is 25.0 Å². The third-order valence-electron chi connectivity index (χ3n) is 6.57. The topological polar surface area (TPSA) is 153 Å². The van der Waals surface area contributed by atoms with Crippen LogP contribution in [0.1, 0.15) is 41.3 Å². The molecule has 2 fully saturated rings. The maximum atomic E-state index is 13.0. The van der Waals surface area contributed by atoms with E-state index in [0.717, 1.165) is 12.8 Å². The van der Waals surface area contributed by atoms with Crippen molar-refractivity contribution in [3.63, 3.8) is 0 Å². The first-order valence-corrected chi connectivity index (χ1v) is 13.7. The van der Waals surface area contributed by atoms with Crippen molar-refractivity contribution >= 4 is 38.2 Å². The number of anilines is 2. The normalized spacial score (nSPS) is 18.1. The zero-order valence-electron chi connectivity index (χ0n) is 19.8. The number of hydrogen-bond acceptors (Lipinski definition) is 8. The lowest BCUT2D eigenvalue weighted by atomic mass is 10.1. The second kappa shape index (κ2) is 9.40. The molecule has 1 aliphatic carbocycles. The minimum absolute atomic E-state index is 0.0237. The third-order valence-corrected chi connectivity index (χ3v) is 8.18. The number of rotatable bonds is 7. The van der Waals surface area contributed by atoms with Gasteiger partial charge in [-0.25, -0.2) is 13.1 Å². The minimum atomic E-state index is -3.08. The highest BCUT2D eigenvalue weighted by molar-refractivity contribution is 7.91. The van der Waals surface area contributed by atoms with Gasteiger partial charge in [0.25, 0.3) is 11.5 Å². The maximum Gasteiger partial charge on any atom is 0.261 e. The number of aromatic nitrogens is 3. The predicted octanol–water partition coefficient (Wildman–Crippen LogP) is 1.81. The highest BCUT2D eigenvalue weighted by atomic mass is 32.2. The van der Waals surface area contributed by atoms with E-state index in [9.17, 15) is 23.3 Å². The van der Waals surface area contributed by atoms with Crippen LogP contribution < -0.4 is 16.2 Å². The third kappa shape index (κ3) is 4.84. The van der Waals surface area contributed by atoms with Gasteiger partial charge in [0.1, 0.15) is 11.6 Å². The van der Waals surface area contributed by atoms with Gasteiger partial charge in [-0.05, 0) is 49.6 Å². The van der Waals surface area contributed by atoms with Crippen LogP contribution in [-0.4, -0.2) is 64.6 Å². The Morgan fingerprint density at radius 1 is 1.28 bits per heavy atom. The second-order valence-corrected chi connectivity index (χ2v) is 11.6. The van der Waals surface area contributed by atoms with Gasteiger partial charge < -0.3 is 15.2 Å². The zero-order valence-corrected chi connectivity index (χ0v) is 20.6. The number of amides is 1. The van der Waals surface area contributed by atoms with Crippen molar-refractivity contribution in [2.24, 2.45) is 0 Å². The van der Waals surface area contributed by atoms with Crippen LogP contribution >= 0.6 is 0 Å². The molecule has 1 unspecified atom stereocenters. The van der Waals surface area contributed by atoms with Gasteiger partial charge in [0.05, 0.1) is 29.5 Å². The molecular weight excluding hydrogens is 482 g/mol. The van der Waals surface area contributed by atoms with Crippen LogP contribution in [-0.2, 0) is 9.84 Å². The van der Waals surface area contributed by atoms with Gasteiger partial charge in [0, 0.05) is 36.6 Å². The lowest BCUT2D eigenvalue weighted by Gasteiger charge is -2.27. The number of pyridine rings is 1. The Hall–Kier alpha value is -3.69. The molecule has 5 rings (SSSR count). The number of carbonyl (C=O) groups is 1. The van der Waals surface area contributed by atoms with Gasteiger partial charge in [-0.15, -0.1) is 0 Å². The molecule has 3 heterocycles. The van der Waals surface area contributed by atoms with Crippen molar-refractivity contribution < 1.29 is 13.2 Å². The van der Waals surface area contributed by atoms with Crippen LogP contribution in [0.5, 0.6) is 0 Å². The van der Waals surface area contributed by atoms with Crippen molar-refractivity contribution in [1.29, 1.82) is 5.26 Å². The SMILES string of the molecule is Cc1cc(Nc2nn(C(CC#N)NC3CC3)c3cc[nH]c(=O)c23)ccc1C(=O)N1CCS(=O)(=O)CC1. The van der Waals surface area contributed by atoms with Crippen molar-refractivity contribution in [2.75, 3.05) is 29.9 Å². The van der Waals surface area contributed by atoms with Gasteiger partial charge in [-0.3, -0.25) is 14.9 Å². The molecule has 36 heavy (non-hydrogen) atoms. The number of hydrogen-bond donors (Lipinski definition) is 3. The van der Waals surface area contributed by atoms with Crippen molar-refractivity contribution in [2.45, 2.75) is 38.4 Å². The van der Waals surface area contributed by atoms with Gasteiger partial charge >= 0.3 is 0 Å². The number of sulfone groups is 1. The fraction of sp³-hybridized carbons (Fsp3) is 0.417. The minimum Gasteiger partial charge on any atom is -0.338 e. The summed E-state index contributed by atoms with van der Waals surface area (Å²) in [7, 11) is -3.08. The molecule has 0 spiro atoms. The Labute approximate surface area is 208 Å². The van der Waals surface area contributed by atoms with Gasteiger partial charge in [0.15, 0.2) is 15.7 Å². The van der Waals surface area contributed by atoms with Gasteiger partial charge in [-0.1, -0.05) is 0 Å². The molecule has 1 atom stereocenters. The first-order valence-electron chi connectivity index (χ1n) is 11.9. The molecule has 1 saturated heterocycles. The van der Waals surface area contributed by atoms with E-state index in [4.69, 9.17) is 0 Å². The average Bonchev–Trinajstić information content (AvgIpc) is 3.58.